The van der Waals surface area contributed by atoms with Gasteiger partial charge in [-0.3, -0.25) is 10.1 Å². The number of nitro benzene ring substituents is 1. The number of benzene rings is 1. The van der Waals surface area contributed by atoms with Gasteiger partial charge in [-0.25, -0.2) is 8.42 Å². The number of rotatable bonds is 5. The van der Waals surface area contributed by atoms with E-state index in [0.29, 0.717) is 0 Å². The predicted molar refractivity (Wildman–Crippen MR) is 75.3 cm³/mol. The second-order valence-corrected chi connectivity index (χ2v) is 8.20. The lowest BCUT2D eigenvalue weighted by molar-refractivity contribution is -0.385. The lowest BCUT2D eigenvalue weighted by Gasteiger charge is -2.17. The van der Waals surface area contributed by atoms with Gasteiger partial charge in [-0.2, -0.15) is 0 Å². The van der Waals surface area contributed by atoms with Crippen LogP contribution in [0.4, 0.5) is 5.69 Å². The lowest BCUT2D eigenvalue weighted by Crippen LogP contribution is -2.24. The van der Waals surface area contributed by atoms with Crippen LogP contribution in [0.15, 0.2) is 24.3 Å². The topological polar surface area (TPSA) is 97.5 Å². The first-order valence-electron chi connectivity index (χ1n) is 5.07. The Hall–Kier alpha value is -0.740. The Morgan fingerprint density at radius 1 is 1.50 bits per heavy atom. The molecule has 0 aromatic heterocycles. The van der Waals surface area contributed by atoms with E-state index in [1.807, 2.05) is 0 Å². The first kappa shape index (κ1) is 15.3. The van der Waals surface area contributed by atoms with Crippen LogP contribution >= 0.6 is 22.6 Å². The van der Waals surface area contributed by atoms with E-state index >= 15 is 0 Å². The third-order valence-corrected chi connectivity index (χ3v) is 7.17. The number of aliphatic hydroxyl groups excluding tert-OH is 1. The number of halogens is 1. The van der Waals surface area contributed by atoms with Crippen molar-refractivity contribution < 1.29 is 18.4 Å². The summed E-state index contributed by atoms with van der Waals surface area (Å²) in [6.45, 7) is 1.49. The van der Waals surface area contributed by atoms with Gasteiger partial charge in [-0.1, -0.05) is 41.6 Å². The van der Waals surface area contributed by atoms with E-state index in [0.717, 1.165) is 0 Å². The number of nitrogens with zero attached hydrogens (tertiary/aromatic N) is 1. The van der Waals surface area contributed by atoms with Gasteiger partial charge in [0.2, 0.25) is 0 Å². The quantitative estimate of drug-likeness (QED) is 0.361. The second kappa shape index (κ2) is 5.93. The van der Waals surface area contributed by atoms with Crippen molar-refractivity contribution in [3.05, 3.63) is 39.9 Å². The Labute approximate surface area is 118 Å². The standard InChI is InChI=1S/C10H12INO5S/c1-2-18(16,17)10(11)9(13)7-4-3-5-8(6-7)12(14)15/h3-6,9-10,13H,2H2,1H3/t9-,10-/m1/s1. The molecular weight excluding hydrogens is 373 g/mol. The van der Waals surface area contributed by atoms with Gasteiger partial charge in [-0.05, 0) is 5.56 Å². The van der Waals surface area contributed by atoms with Crippen molar-refractivity contribution in [2.75, 3.05) is 5.75 Å². The average molecular weight is 385 g/mol. The highest BCUT2D eigenvalue weighted by atomic mass is 127. The van der Waals surface area contributed by atoms with Crippen molar-refractivity contribution >= 4 is 38.1 Å². The molecule has 1 aromatic rings. The zero-order chi connectivity index (χ0) is 13.9. The van der Waals surface area contributed by atoms with Crippen molar-refractivity contribution in [2.24, 2.45) is 0 Å². The van der Waals surface area contributed by atoms with Crippen LogP contribution in [-0.2, 0) is 9.84 Å². The van der Waals surface area contributed by atoms with Crippen LogP contribution in [0, 0.1) is 10.1 Å². The highest BCUT2D eigenvalue weighted by Crippen LogP contribution is 2.29. The molecule has 2 atom stereocenters. The van der Waals surface area contributed by atoms with E-state index in [-0.39, 0.29) is 17.0 Å². The summed E-state index contributed by atoms with van der Waals surface area (Å²) in [6.07, 6.45) is -1.28. The van der Waals surface area contributed by atoms with Crippen molar-refractivity contribution in [1.29, 1.82) is 0 Å². The van der Waals surface area contributed by atoms with Crippen LogP contribution in [0.3, 0.4) is 0 Å². The lowest BCUT2D eigenvalue weighted by atomic mass is 10.1. The van der Waals surface area contributed by atoms with Gasteiger partial charge < -0.3 is 5.11 Å². The minimum absolute atomic E-state index is 0.0907. The molecule has 8 heteroatoms. The van der Waals surface area contributed by atoms with Gasteiger partial charge in [0.05, 0.1) is 4.92 Å². The Morgan fingerprint density at radius 2 is 2.11 bits per heavy atom. The van der Waals surface area contributed by atoms with E-state index in [1.165, 1.54) is 31.2 Å². The zero-order valence-electron chi connectivity index (χ0n) is 9.48. The molecule has 0 aliphatic rings. The monoisotopic (exact) mass is 385 g/mol. The van der Waals surface area contributed by atoms with E-state index in [1.54, 1.807) is 22.6 Å². The largest absolute Gasteiger partial charge is 0.386 e. The minimum atomic E-state index is -3.41. The molecule has 1 aromatic carbocycles. The maximum Gasteiger partial charge on any atom is 0.269 e. The Morgan fingerprint density at radius 3 is 2.61 bits per heavy atom. The van der Waals surface area contributed by atoms with E-state index in [9.17, 15) is 23.6 Å². The van der Waals surface area contributed by atoms with Crippen LogP contribution in [0.5, 0.6) is 0 Å². The van der Waals surface area contributed by atoms with Gasteiger partial charge >= 0.3 is 0 Å². The molecule has 1 N–H and O–H groups in total. The van der Waals surface area contributed by atoms with Gasteiger partial charge in [0.25, 0.3) is 5.69 Å². The third-order valence-electron chi connectivity index (χ3n) is 2.42. The van der Waals surface area contributed by atoms with Crippen molar-refractivity contribution in [2.45, 2.75) is 16.3 Å². The molecule has 18 heavy (non-hydrogen) atoms. The van der Waals surface area contributed by atoms with Gasteiger partial charge in [0.15, 0.2) is 9.84 Å². The first-order valence-corrected chi connectivity index (χ1v) is 8.03. The van der Waals surface area contributed by atoms with Crippen molar-refractivity contribution in [3.8, 4) is 0 Å². The highest BCUT2D eigenvalue weighted by Gasteiger charge is 2.30. The molecule has 0 heterocycles. The van der Waals surface area contributed by atoms with Gasteiger partial charge in [0.1, 0.15) is 9.36 Å². The van der Waals surface area contributed by atoms with E-state index in [4.69, 9.17) is 0 Å². The summed E-state index contributed by atoms with van der Waals surface area (Å²) in [6, 6.07) is 5.35. The Bertz CT molecular complexity index is 545. The normalized spacial score (nSPS) is 15.1. The fourth-order valence-corrected chi connectivity index (χ4v) is 3.69. The average Bonchev–Trinajstić information content (AvgIpc) is 2.37. The zero-order valence-corrected chi connectivity index (χ0v) is 12.5. The smallest absolute Gasteiger partial charge is 0.269 e. The number of alkyl halides is 1. The molecule has 1 rings (SSSR count). The maximum absolute atomic E-state index is 11.6. The molecule has 0 radical (unpaired) electrons. The summed E-state index contributed by atoms with van der Waals surface area (Å²) in [7, 11) is -3.41. The summed E-state index contributed by atoms with van der Waals surface area (Å²) in [4.78, 5) is 10.0. The minimum Gasteiger partial charge on any atom is -0.386 e. The fraction of sp³-hybridized carbons (Fsp3) is 0.400. The predicted octanol–water partition coefficient (Wildman–Crippen LogP) is 1.82. The molecule has 0 fully saturated rings. The summed E-state index contributed by atoms with van der Waals surface area (Å²) in [5.41, 5.74) is 0.0460. The van der Waals surface area contributed by atoms with Crippen LogP contribution in [0.1, 0.15) is 18.6 Å². The van der Waals surface area contributed by atoms with Gasteiger partial charge in [0, 0.05) is 17.9 Å². The summed E-state index contributed by atoms with van der Waals surface area (Å²) < 4.78 is 22.2. The molecule has 0 bridgehead atoms. The molecule has 0 amide bonds. The number of non-ortho nitro benzene ring substituents is 1. The summed E-state index contributed by atoms with van der Waals surface area (Å²) >= 11 is 1.64. The second-order valence-electron chi connectivity index (χ2n) is 3.60. The van der Waals surface area contributed by atoms with E-state index in [2.05, 4.69) is 0 Å². The Balaban J connectivity index is 3.08. The summed E-state index contributed by atoms with van der Waals surface area (Å²) in [5.74, 6) is -0.0907. The number of aliphatic hydroxyl groups is 1. The van der Waals surface area contributed by atoms with Crippen molar-refractivity contribution in [3.63, 3.8) is 0 Å². The van der Waals surface area contributed by atoms with Crippen LogP contribution in [-0.4, -0.2) is 27.5 Å². The Kier molecular flexibility index (Phi) is 5.05. The third kappa shape index (κ3) is 3.39. The summed E-state index contributed by atoms with van der Waals surface area (Å²) in [5, 5.41) is 20.6. The van der Waals surface area contributed by atoms with E-state index < -0.39 is 24.1 Å². The number of sulfone groups is 1. The molecule has 100 valence electrons. The van der Waals surface area contributed by atoms with Crippen LogP contribution in [0.2, 0.25) is 0 Å². The molecule has 6 nitrogen and oxygen atoms in total. The van der Waals surface area contributed by atoms with Crippen LogP contribution < -0.4 is 0 Å². The SMILES string of the molecule is CCS(=O)(=O)[C@@H](I)[C@H](O)c1cccc([N+](=O)[O-])c1. The van der Waals surface area contributed by atoms with Gasteiger partial charge in [-0.15, -0.1) is 0 Å². The molecule has 0 saturated carbocycles. The molecular formula is C10H12INO5S. The fourth-order valence-electron chi connectivity index (χ4n) is 1.33. The van der Waals surface area contributed by atoms with Crippen molar-refractivity contribution in [1.82, 2.24) is 0 Å². The molecule has 0 aliphatic heterocycles. The molecule has 0 saturated heterocycles. The first-order chi connectivity index (χ1) is 8.29. The molecule has 0 spiro atoms. The number of hydrogen-bond donors (Lipinski definition) is 1. The highest BCUT2D eigenvalue weighted by molar-refractivity contribution is 14.1. The molecule has 0 aliphatic carbocycles. The van der Waals surface area contributed by atoms with Crippen LogP contribution in [0.25, 0.3) is 0 Å². The molecule has 0 unspecified atom stereocenters. The maximum atomic E-state index is 11.6. The number of nitro groups is 1. The number of hydrogen-bond acceptors (Lipinski definition) is 5.